The smallest absolute Gasteiger partial charge is 0.328 e. The van der Waals surface area contributed by atoms with Gasteiger partial charge in [0.15, 0.2) is 12.0 Å². The average molecular weight is 1140 g/mol. The molecule has 0 aliphatic carbocycles. The standard InChI is InChI=1S/C48H80N16O16/c1-6-22(2)36(52)45(77)60-29(11-9-17-55-48(53)54)42(74)62-32(20-34(51)69)43(75)59-28(10-7-8-16-49)41(73)57-23(3)39(71)61-31(19-33(50)68)40(72)56-21-35(70)58-30(18-26-12-14-27(67)15-13-26)44(76)63-37(24(4)65)46(78)64-38(25(5)66)47(79)80/h12-15,22-25,28-32,36-38,65-67H,6-11,16-21,49,52H2,1-5H3,(H2,50,68)(H2,51,69)(H,56,72)(H,57,73)(H,58,70)(H,59,75)(H,60,77)(H,61,71)(H,62,74)(H,63,76)(H,64,78)(H,79,80)(H4,53,54,55)/t22-,23-,24+,25+,28-,29-,30-,31-,32-,36-,37-,38-/m0/s1. The zero-order chi connectivity index (χ0) is 61.0. The van der Waals surface area contributed by atoms with Gasteiger partial charge in [0.25, 0.3) is 0 Å². The number of aliphatic hydroxyl groups is 2. The first kappa shape index (κ1) is 69.8. The van der Waals surface area contributed by atoms with Gasteiger partial charge in [0.1, 0.15) is 48.0 Å². The van der Waals surface area contributed by atoms with E-state index < -0.39 is 157 Å². The third kappa shape index (κ3) is 25.9. The molecule has 0 unspecified atom stereocenters. The highest BCUT2D eigenvalue weighted by molar-refractivity contribution is 5.99. The van der Waals surface area contributed by atoms with E-state index in [0.717, 1.165) is 13.8 Å². The highest BCUT2D eigenvalue weighted by Gasteiger charge is 2.36. The number of nitrogens with zero attached hydrogens (tertiary/aromatic N) is 1. The van der Waals surface area contributed by atoms with Crippen molar-refractivity contribution in [3.8, 4) is 5.75 Å². The topological polar surface area (TPSA) is 563 Å². The normalized spacial score (nSPS) is 15.5. The summed E-state index contributed by atoms with van der Waals surface area (Å²) >= 11 is 0. The van der Waals surface area contributed by atoms with E-state index in [1.165, 1.54) is 31.2 Å². The van der Waals surface area contributed by atoms with E-state index in [1.807, 2.05) is 12.2 Å². The molecule has 448 valence electrons. The molecule has 0 saturated carbocycles. The number of carbonyl (C=O) groups is 12. The van der Waals surface area contributed by atoms with Crippen LogP contribution in [0.4, 0.5) is 0 Å². The summed E-state index contributed by atoms with van der Waals surface area (Å²) in [5.41, 5.74) is 33.7. The number of unbranched alkanes of at least 4 members (excludes halogenated alkanes) is 1. The Bertz CT molecular complexity index is 2340. The fourth-order valence-electron chi connectivity index (χ4n) is 7.26. The van der Waals surface area contributed by atoms with Gasteiger partial charge in [0.05, 0.1) is 37.6 Å². The van der Waals surface area contributed by atoms with E-state index in [2.05, 4.69) is 47.5 Å². The monoisotopic (exact) mass is 1140 g/mol. The van der Waals surface area contributed by atoms with E-state index in [9.17, 15) is 78.0 Å². The van der Waals surface area contributed by atoms with Gasteiger partial charge < -0.3 is 103 Å². The molecule has 0 fully saturated rings. The number of phenols is 1. The van der Waals surface area contributed by atoms with Crippen LogP contribution in [0.15, 0.2) is 29.3 Å². The Hall–Kier alpha value is -8.23. The van der Waals surface area contributed by atoms with Crippen molar-refractivity contribution in [3.63, 3.8) is 0 Å². The second-order valence-electron chi connectivity index (χ2n) is 19.0. The maximum atomic E-state index is 13.8. The molecule has 80 heavy (non-hydrogen) atoms. The van der Waals surface area contributed by atoms with Crippen molar-refractivity contribution < 1.29 is 78.0 Å². The minimum absolute atomic E-state index is 0.0535. The zero-order valence-corrected chi connectivity index (χ0v) is 45.3. The van der Waals surface area contributed by atoms with Crippen LogP contribution in [0.3, 0.4) is 0 Å². The van der Waals surface area contributed by atoms with E-state index in [1.54, 1.807) is 6.92 Å². The van der Waals surface area contributed by atoms with E-state index in [-0.39, 0.29) is 62.8 Å². The predicted molar refractivity (Wildman–Crippen MR) is 285 cm³/mol. The van der Waals surface area contributed by atoms with Gasteiger partial charge in [-0.15, -0.1) is 0 Å². The summed E-state index contributed by atoms with van der Waals surface area (Å²) in [4.78, 5) is 161. The third-order valence-corrected chi connectivity index (χ3v) is 12.1. The largest absolute Gasteiger partial charge is 0.508 e. The van der Waals surface area contributed by atoms with E-state index >= 15 is 0 Å². The Morgan fingerprint density at radius 2 is 1.04 bits per heavy atom. The first-order chi connectivity index (χ1) is 37.4. The number of aliphatic imine (C=N–C) groups is 1. The van der Waals surface area contributed by atoms with Gasteiger partial charge in [-0.3, -0.25) is 57.7 Å². The van der Waals surface area contributed by atoms with Gasteiger partial charge in [0, 0.05) is 13.0 Å². The van der Waals surface area contributed by atoms with E-state index in [4.69, 9.17) is 34.4 Å². The third-order valence-electron chi connectivity index (χ3n) is 12.1. The summed E-state index contributed by atoms with van der Waals surface area (Å²) in [5, 5.41) is 60.1. The first-order valence-corrected chi connectivity index (χ1v) is 25.6. The van der Waals surface area contributed by atoms with Crippen LogP contribution in [0.1, 0.15) is 91.5 Å². The molecule has 25 N–H and O–H groups in total. The molecule has 0 saturated heterocycles. The number of hydrogen-bond donors (Lipinski definition) is 19. The first-order valence-electron chi connectivity index (χ1n) is 25.6. The van der Waals surface area contributed by atoms with Gasteiger partial charge in [0.2, 0.25) is 65.0 Å². The number of hydrogen-bond acceptors (Lipinski definition) is 18. The van der Waals surface area contributed by atoms with Crippen molar-refractivity contribution in [1.29, 1.82) is 0 Å². The molecule has 0 radical (unpaired) electrons. The molecule has 32 heteroatoms. The number of carboxylic acids is 1. The lowest BCUT2D eigenvalue weighted by molar-refractivity contribution is -0.146. The number of aliphatic carboxylic acids is 1. The summed E-state index contributed by atoms with van der Waals surface area (Å²) in [6.45, 7) is 6.19. The zero-order valence-electron chi connectivity index (χ0n) is 45.3. The fourth-order valence-corrected chi connectivity index (χ4v) is 7.26. The van der Waals surface area contributed by atoms with Crippen molar-refractivity contribution in [1.82, 2.24) is 47.9 Å². The molecule has 1 rings (SSSR count). The van der Waals surface area contributed by atoms with Crippen molar-refractivity contribution >= 4 is 76.9 Å². The second-order valence-corrected chi connectivity index (χ2v) is 19.0. The van der Waals surface area contributed by atoms with Gasteiger partial charge in [-0.2, -0.15) is 0 Å². The van der Waals surface area contributed by atoms with Gasteiger partial charge >= 0.3 is 5.97 Å². The number of nitrogens with one attached hydrogen (secondary N) is 9. The molecule has 1 aromatic carbocycles. The summed E-state index contributed by atoms with van der Waals surface area (Å²) in [6.07, 6.45) is -4.05. The van der Waals surface area contributed by atoms with Crippen LogP contribution in [0, 0.1) is 5.92 Å². The maximum absolute atomic E-state index is 13.8. The number of rotatable bonds is 37. The lowest BCUT2D eigenvalue weighted by Gasteiger charge is -2.27. The van der Waals surface area contributed by atoms with Crippen molar-refractivity contribution in [2.45, 2.75) is 159 Å². The lowest BCUT2D eigenvalue weighted by atomic mass is 9.98. The Kier molecular flexibility index (Phi) is 30.8. The van der Waals surface area contributed by atoms with Crippen molar-refractivity contribution in [2.75, 3.05) is 19.6 Å². The van der Waals surface area contributed by atoms with Crippen molar-refractivity contribution in [3.05, 3.63) is 29.8 Å². The molecule has 0 spiro atoms. The number of carboxylic acid groups (broad SMARTS) is 1. The van der Waals surface area contributed by atoms with Crippen LogP contribution in [0.2, 0.25) is 0 Å². The molecule has 11 amide bonds. The number of aromatic hydroxyl groups is 1. The van der Waals surface area contributed by atoms with Gasteiger partial charge in [-0.05, 0) is 83.0 Å². The number of amides is 11. The van der Waals surface area contributed by atoms with Crippen molar-refractivity contribution in [2.24, 2.45) is 45.3 Å². The summed E-state index contributed by atoms with van der Waals surface area (Å²) < 4.78 is 0. The molecule has 32 nitrogen and oxygen atoms in total. The quantitative estimate of drug-likeness (QED) is 0.0167. The van der Waals surface area contributed by atoms with Gasteiger partial charge in [-0.1, -0.05) is 32.4 Å². The van der Waals surface area contributed by atoms with Crippen LogP contribution < -0.4 is 82.3 Å². The fraction of sp³-hybridized carbons (Fsp3) is 0.604. The lowest BCUT2D eigenvalue weighted by Crippen LogP contribution is -2.61. The molecule has 0 aliphatic rings. The minimum atomic E-state index is -1.84. The van der Waals surface area contributed by atoms with Crippen LogP contribution in [-0.4, -0.2) is 184 Å². The number of guanidine groups is 1. The minimum Gasteiger partial charge on any atom is -0.508 e. The van der Waals surface area contributed by atoms with Gasteiger partial charge in [-0.25, -0.2) is 4.79 Å². The molecule has 1 aromatic rings. The second kappa shape index (κ2) is 35.3. The predicted octanol–water partition coefficient (Wildman–Crippen LogP) is -7.90. The molecule has 0 aromatic heterocycles. The molecular weight excluding hydrogens is 1060 g/mol. The number of nitrogens with two attached hydrogens (primary N) is 6. The molecule has 0 aliphatic heterocycles. The average Bonchev–Trinajstić information content (AvgIpc) is 3.37. The SMILES string of the molecule is CC[C@H](C)[C@H](N)C(=O)N[C@@H](CCCN=C(N)N)C(=O)N[C@@H](CC(N)=O)C(=O)N[C@@H](CCCCN)C(=O)N[C@@H](C)C(=O)N[C@@H](CC(N)=O)C(=O)NCC(=O)N[C@@H](Cc1ccc(O)cc1)C(=O)N[C@H](C(=O)N[C@H](C(=O)O)[C@@H](C)O)[C@@H](C)O. The number of primary amides is 2. The van der Waals surface area contributed by atoms with Crippen LogP contribution >= 0.6 is 0 Å². The van der Waals surface area contributed by atoms with Crippen LogP contribution in [-0.2, 0) is 64.0 Å². The maximum Gasteiger partial charge on any atom is 0.328 e. The molecule has 0 bridgehead atoms. The molecule has 0 heterocycles. The number of aliphatic hydroxyl groups excluding tert-OH is 2. The summed E-state index contributed by atoms with van der Waals surface area (Å²) in [7, 11) is 0. The highest BCUT2D eigenvalue weighted by Crippen LogP contribution is 2.13. The Morgan fingerprint density at radius 3 is 1.55 bits per heavy atom. The molecular formula is C48H80N16O16. The Labute approximate surface area is 461 Å². The summed E-state index contributed by atoms with van der Waals surface area (Å²) in [5.74, 6) is -13.7. The van der Waals surface area contributed by atoms with E-state index in [0.29, 0.717) is 18.4 Å². The Balaban J connectivity index is 3.31. The summed E-state index contributed by atoms with van der Waals surface area (Å²) in [6, 6.07) is -8.74. The Morgan fingerprint density at radius 1 is 0.562 bits per heavy atom. The number of benzene rings is 1. The molecule has 12 atom stereocenters. The number of phenolic OH excluding ortho intramolecular Hbond substituents is 1. The van der Waals surface area contributed by atoms with Crippen LogP contribution in [0.5, 0.6) is 5.75 Å². The number of carbonyl (C=O) groups excluding carboxylic acids is 11. The van der Waals surface area contributed by atoms with Crippen LogP contribution in [0.25, 0.3) is 0 Å². The highest BCUT2D eigenvalue weighted by atomic mass is 16.4.